The van der Waals surface area contributed by atoms with Gasteiger partial charge in [0.1, 0.15) is 16.4 Å². The SMILES string of the molecule is CCOC(OCC)C1=C(C(=O)O)C(c2cccc3nonc23)C(C(=O)O)(C(C)C)C(C)N1. The highest BCUT2D eigenvalue weighted by molar-refractivity contribution is 5.95. The molecule has 0 fully saturated rings. The highest BCUT2D eigenvalue weighted by Crippen LogP contribution is 2.54. The van der Waals surface area contributed by atoms with Crippen molar-refractivity contribution in [2.75, 3.05) is 13.2 Å². The largest absolute Gasteiger partial charge is 0.481 e. The summed E-state index contributed by atoms with van der Waals surface area (Å²) < 4.78 is 16.3. The van der Waals surface area contributed by atoms with Crippen LogP contribution in [0, 0.1) is 11.3 Å². The van der Waals surface area contributed by atoms with Crippen LogP contribution in [0.3, 0.4) is 0 Å². The number of aromatic nitrogens is 2. The molecule has 0 bridgehead atoms. The van der Waals surface area contributed by atoms with Gasteiger partial charge in [0.15, 0.2) is 6.29 Å². The molecule has 3 unspecified atom stereocenters. The van der Waals surface area contributed by atoms with Crippen LogP contribution in [0.5, 0.6) is 0 Å². The molecule has 1 aromatic carbocycles. The van der Waals surface area contributed by atoms with Gasteiger partial charge in [-0.3, -0.25) is 4.79 Å². The number of benzene rings is 1. The molecule has 0 saturated carbocycles. The molecule has 2 heterocycles. The Hall–Kier alpha value is -2.98. The van der Waals surface area contributed by atoms with E-state index in [1.165, 1.54) is 0 Å². The number of rotatable bonds is 9. The molecular weight excluding hydrogens is 418 g/mol. The van der Waals surface area contributed by atoms with Crippen molar-refractivity contribution in [3.8, 4) is 0 Å². The third-order valence-electron chi connectivity index (χ3n) is 6.20. The maximum Gasteiger partial charge on any atom is 0.334 e. The minimum absolute atomic E-state index is 0.137. The second kappa shape index (κ2) is 9.25. The Morgan fingerprint density at radius 2 is 1.84 bits per heavy atom. The molecule has 174 valence electrons. The minimum atomic E-state index is -1.52. The third-order valence-corrected chi connectivity index (χ3v) is 6.20. The first-order chi connectivity index (χ1) is 15.2. The smallest absolute Gasteiger partial charge is 0.334 e. The predicted molar refractivity (Wildman–Crippen MR) is 114 cm³/mol. The minimum Gasteiger partial charge on any atom is -0.481 e. The summed E-state index contributed by atoms with van der Waals surface area (Å²) in [5.41, 5.74) is -0.316. The first kappa shape index (κ1) is 23.7. The number of carboxylic acid groups (broad SMARTS) is 2. The average molecular weight is 447 g/mol. The number of aliphatic carboxylic acids is 2. The van der Waals surface area contributed by atoms with Crippen LogP contribution < -0.4 is 5.32 Å². The van der Waals surface area contributed by atoms with Crippen molar-refractivity contribution in [3.05, 3.63) is 35.0 Å². The van der Waals surface area contributed by atoms with Crippen molar-refractivity contribution in [1.29, 1.82) is 0 Å². The van der Waals surface area contributed by atoms with E-state index in [9.17, 15) is 19.8 Å². The van der Waals surface area contributed by atoms with Crippen LogP contribution in [0.25, 0.3) is 11.0 Å². The summed E-state index contributed by atoms with van der Waals surface area (Å²) in [6.45, 7) is 9.37. The van der Waals surface area contributed by atoms with Gasteiger partial charge in [-0.15, -0.1) is 0 Å². The van der Waals surface area contributed by atoms with Crippen LogP contribution in [-0.2, 0) is 19.1 Å². The Balaban J connectivity index is 2.43. The summed E-state index contributed by atoms with van der Waals surface area (Å²) in [7, 11) is 0. The van der Waals surface area contributed by atoms with E-state index in [4.69, 9.17) is 14.1 Å². The summed E-state index contributed by atoms with van der Waals surface area (Å²) in [4.78, 5) is 25.6. The van der Waals surface area contributed by atoms with E-state index in [0.717, 1.165) is 0 Å². The van der Waals surface area contributed by atoms with Gasteiger partial charge in [-0.05, 0) is 48.6 Å². The van der Waals surface area contributed by atoms with Crippen LogP contribution in [0.2, 0.25) is 0 Å². The van der Waals surface area contributed by atoms with E-state index in [-0.39, 0.29) is 24.5 Å². The summed E-state index contributed by atoms with van der Waals surface area (Å²) in [5.74, 6) is -3.92. The van der Waals surface area contributed by atoms with Crippen LogP contribution in [-0.4, -0.2) is 58.0 Å². The number of ether oxygens (including phenoxy) is 2. The number of hydrogen-bond acceptors (Lipinski definition) is 8. The van der Waals surface area contributed by atoms with Crippen LogP contribution >= 0.6 is 0 Å². The molecule has 10 nitrogen and oxygen atoms in total. The van der Waals surface area contributed by atoms with Gasteiger partial charge in [-0.25, -0.2) is 9.42 Å². The van der Waals surface area contributed by atoms with Crippen molar-refractivity contribution in [1.82, 2.24) is 15.6 Å². The van der Waals surface area contributed by atoms with Gasteiger partial charge in [0.2, 0.25) is 0 Å². The van der Waals surface area contributed by atoms with Crippen molar-refractivity contribution < 1.29 is 33.9 Å². The Morgan fingerprint density at radius 1 is 1.19 bits per heavy atom. The topological polar surface area (TPSA) is 144 Å². The molecule has 0 aliphatic carbocycles. The highest BCUT2D eigenvalue weighted by atomic mass is 16.7. The lowest BCUT2D eigenvalue weighted by atomic mass is 9.57. The molecule has 10 heteroatoms. The van der Waals surface area contributed by atoms with Crippen molar-refractivity contribution in [2.24, 2.45) is 11.3 Å². The molecule has 32 heavy (non-hydrogen) atoms. The van der Waals surface area contributed by atoms with Gasteiger partial charge >= 0.3 is 11.9 Å². The van der Waals surface area contributed by atoms with E-state index in [1.54, 1.807) is 52.8 Å². The van der Waals surface area contributed by atoms with Gasteiger partial charge < -0.3 is 25.0 Å². The fourth-order valence-corrected chi connectivity index (χ4v) is 4.89. The molecule has 3 atom stereocenters. The Morgan fingerprint density at radius 3 is 2.38 bits per heavy atom. The van der Waals surface area contributed by atoms with Crippen molar-refractivity contribution in [2.45, 2.75) is 52.9 Å². The lowest BCUT2D eigenvalue weighted by Gasteiger charge is -2.50. The van der Waals surface area contributed by atoms with Crippen LogP contribution in [0.15, 0.2) is 34.1 Å². The lowest BCUT2D eigenvalue weighted by Crippen LogP contribution is -2.60. The molecule has 3 N–H and O–H groups in total. The normalized spacial score (nSPS) is 23.7. The molecule has 2 aromatic rings. The van der Waals surface area contributed by atoms with Crippen LogP contribution in [0.4, 0.5) is 0 Å². The van der Waals surface area contributed by atoms with Gasteiger partial charge in [0, 0.05) is 25.2 Å². The van der Waals surface area contributed by atoms with Gasteiger partial charge in [-0.1, -0.05) is 26.0 Å². The summed E-state index contributed by atoms with van der Waals surface area (Å²) in [5, 5.41) is 31.8. The molecule has 3 rings (SSSR count). The quantitative estimate of drug-likeness (QED) is 0.491. The molecule has 0 spiro atoms. The average Bonchev–Trinajstić information content (AvgIpc) is 3.21. The third kappa shape index (κ3) is 3.63. The van der Waals surface area contributed by atoms with Crippen LogP contribution in [0.1, 0.15) is 46.1 Å². The molecule has 1 aliphatic rings. The fourth-order valence-electron chi connectivity index (χ4n) is 4.89. The summed E-state index contributed by atoms with van der Waals surface area (Å²) >= 11 is 0. The first-order valence-corrected chi connectivity index (χ1v) is 10.6. The monoisotopic (exact) mass is 447 g/mol. The van der Waals surface area contributed by atoms with Crippen molar-refractivity contribution in [3.63, 3.8) is 0 Å². The zero-order valence-corrected chi connectivity index (χ0v) is 18.8. The summed E-state index contributed by atoms with van der Waals surface area (Å²) in [6.07, 6.45) is -0.991. The van der Waals surface area contributed by atoms with Gasteiger partial charge in [0.25, 0.3) is 0 Å². The molecule has 0 radical (unpaired) electrons. The maximum atomic E-state index is 12.9. The molecule has 0 saturated heterocycles. The summed E-state index contributed by atoms with van der Waals surface area (Å²) in [6, 6.07) is 4.36. The molecule has 1 aromatic heterocycles. The van der Waals surface area contributed by atoms with Crippen molar-refractivity contribution >= 4 is 23.0 Å². The highest BCUT2D eigenvalue weighted by Gasteiger charge is 2.59. The zero-order chi connectivity index (χ0) is 23.6. The van der Waals surface area contributed by atoms with E-state index < -0.39 is 41.5 Å². The van der Waals surface area contributed by atoms with E-state index in [2.05, 4.69) is 15.6 Å². The zero-order valence-electron chi connectivity index (χ0n) is 18.8. The van der Waals surface area contributed by atoms with E-state index >= 15 is 0 Å². The lowest BCUT2D eigenvalue weighted by molar-refractivity contribution is -0.159. The Kier molecular flexibility index (Phi) is 6.85. The fraction of sp³-hybridized carbons (Fsp3) is 0.545. The first-order valence-electron chi connectivity index (χ1n) is 10.6. The molecule has 1 aliphatic heterocycles. The number of nitrogens with one attached hydrogen (secondary N) is 1. The second-order valence-electron chi connectivity index (χ2n) is 8.05. The number of carboxylic acids is 2. The number of nitrogens with zero attached hydrogens (tertiary/aromatic N) is 2. The number of fused-ring (bicyclic) bond motifs is 1. The molecular formula is C22H29N3O7. The molecule has 0 amide bonds. The standard InChI is InChI=1S/C22H29N3O7/c1-6-30-20(31-7-2)18-15(19(26)27)16(13-9-8-10-14-17(13)25-32-24-14)22(11(3)4,21(28)29)12(5)23-18/h8-12,16,20,23H,6-7H2,1-5H3,(H,26,27)(H,28,29). The van der Waals surface area contributed by atoms with E-state index in [0.29, 0.717) is 16.6 Å². The van der Waals surface area contributed by atoms with Gasteiger partial charge in [-0.2, -0.15) is 0 Å². The number of hydrogen-bond donors (Lipinski definition) is 3. The Bertz CT molecular complexity index is 1030. The predicted octanol–water partition coefficient (Wildman–Crippen LogP) is 2.76. The van der Waals surface area contributed by atoms with Gasteiger partial charge in [0.05, 0.1) is 11.3 Å². The maximum absolute atomic E-state index is 12.9. The van der Waals surface area contributed by atoms with E-state index in [1.807, 2.05) is 0 Å². The number of carbonyl (C=O) groups is 2. The second-order valence-corrected chi connectivity index (χ2v) is 8.05. The Labute approximate surface area is 185 Å².